The number of hydrogen-bond donors (Lipinski definition) is 0. The summed E-state index contributed by atoms with van der Waals surface area (Å²) >= 11 is 0. The molecule has 2 nitrogen and oxygen atoms in total. The second kappa shape index (κ2) is 11.8. The maximum atomic E-state index is 6.48. The molecule has 226 valence electrons. The van der Waals surface area contributed by atoms with E-state index in [1.54, 1.807) is 0 Å². The zero-order chi connectivity index (χ0) is 31.9. The summed E-state index contributed by atoms with van der Waals surface area (Å²) in [5, 5.41) is 4.64. The van der Waals surface area contributed by atoms with Gasteiger partial charge in [0.25, 0.3) is 0 Å². The second-order valence-electron chi connectivity index (χ2n) is 12.1. The summed E-state index contributed by atoms with van der Waals surface area (Å²) in [5.74, 6) is 0. The molecule has 0 saturated carbocycles. The molecule has 9 aromatic rings. The third-order valence-electron chi connectivity index (χ3n) is 9.26. The number of hydrogen-bond acceptors (Lipinski definition) is 2. The number of anilines is 3. The standard InChI is InChI=1S/C46H31NO/c1-4-15-32(16-5-1)38-24-14-25-41(45(38)34-18-6-2-7-19-34)47(36-28-29-40-39-23-12-13-26-43(39)48-44(40)31-36)42-30-27-33-17-10-11-22-37(33)46(42)35-20-8-3-9-21-35/h1-31H. The fourth-order valence-electron chi connectivity index (χ4n) is 7.11. The Balaban J connectivity index is 1.40. The van der Waals surface area contributed by atoms with Gasteiger partial charge >= 0.3 is 0 Å². The fraction of sp³-hybridized carbons (Fsp3) is 0. The molecule has 9 rings (SSSR count). The van der Waals surface area contributed by atoms with Crippen LogP contribution < -0.4 is 4.90 Å². The van der Waals surface area contributed by atoms with Gasteiger partial charge in [0, 0.05) is 33.7 Å². The molecule has 1 heterocycles. The SMILES string of the molecule is c1ccc(-c2cccc(N(c3ccc4c(c3)oc3ccccc34)c3ccc4ccccc4c3-c3ccccc3)c2-c2ccccc2)cc1. The molecule has 0 N–H and O–H groups in total. The van der Waals surface area contributed by atoms with Crippen LogP contribution in [-0.2, 0) is 0 Å². The third kappa shape index (κ3) is 4.74. The van der Waals surface area contributed by atoms with Gasteiger partial charge in [-0.1, -0.05) is 152 Å². The molecule has 0 aliphatic heterocycles. The van der Waals surface area contributed by atoms with Crippen molar-refractivity contribution >= 4 is 49.8 Å². The van der Waals surface area contributed by atoms with Crippen LogP contribution >= 0.6 is 0 Å². The quantitative estimate of drug-likeness (QED) is 0.185. The van der Waals surface area contributed by atoms with Gasteiger partial charge in [0.15, 0.2) is 0 Å². The Hall–Kier alpha value is -6.38. The Bertz CT molecular complexity index is 2550. The predicted molar refractivity (Wildman–Crippen MR) is 202 cm³/mol. The lowest BCUT2D eigenvalue weighted by Gasteiger charge is -2.31. The number of fused-ring (bicyclic) bond motifs is 4. The van der Waals surface area contributed by atoms with Crippen LogP contribution in [-0.4, -0.2) is 0 Å². The summed E-state index contributed by atoms with van der Waals surface area (Å²) in [6.45, 7) is 0. The molecule has 0 saturated heterocycles. The van der Waals surface area contributed by atoms with Gasteiger partial charge in [0.1, 0.15) is 11.2 Å². The minimum Gasteiger partial charge on any atom is -0.456 e. The van der Waals surface area contributed by atoms with Crippen molar-refractivity contribution in [3.8, 4) is 33.4 Å². The van der Waals surface area contributed by atoms with Gasteiger partial charge < -0.3 is 9.32 Å². The lowest BCUT2D eigenvalue weighted by molar-refractivity contribution is 0.669. The summed E-state index contributed by atoms with van der Waals surface area (Å²) in [4.78, 5) is 2.43. The van der Waals surface area contributed by atoms with Crippen LogP contribution in [0.25, 0.3) is 66.1 Å². The van der Waals surface area contributed by atoms with Gasteiger partial charge in [-0.15, -0.1) is 0 Å². The first-order valence-corrected chi connectivity index (χ1v) is 16.4. The van der Waals surface area contributed by atoms with Gasteiger partial charge in [-0.3, -0.25) is 0 Å². The summed E-state index contributed by atoms with van der Waals surface area (Å²) in [6.07, 6.45) is 0. The molecule has 0 bridgehead atoms. The molecular weight excluding hydrogens is 583 g/mol. The molecule has 0 amide bonds. The summed E-state index contributed by atoms with van der Waals surface area (Å²) in [5.41, 5.74) is 12.0. The average Bonchev–Trinajstić information content (AvgIpc) is 3.54. The van der Waals surface area contributed by atoms with Crippen LogP contribution in [0.15, 0.2) is 192 Å². The number of furan rings is 1. The number of nitrogens with zero attached hydrogens (tertiary/aromatic N) is 1. The zero-order valence-electron chi connectivity index (χ0n) is 26.3. The Kier molecular flexibility index (Phi) is 6.84. The molecular formula is C46H31NO. The molecule has 0 fully saturated rings. The molecule has 0 radical (unpaired) electrons. The van der Waals surface area contributed by atoms with Crippen molar-refractivity contribution in [3.63, 3.8) is 0 Å². The van der Waals surface area contributed by atoms with Gasteiger partial charge in [-0.2, -0.15) is 0 Å². The summed E-state index contributed by atoms with van der Waals surface area (Å²) < 4.78 is 6.48. The Labute approximate surface area is 279 Å². The number of benzene rings is 8. The van der Waals surface area contributed by atoms with Gasteiger partial charge in [0.05, 0.1) is 11.4 Å². The minimum atomic E-state index is 0.862. The van der Waals surface area contributed by atoms with E-state index in [1.165, 1.54) is 38.6 Å². The first kappa shape index (κ1) is 27.9. The summed E-state index contributed by atoms with van der Waals surface area (Å²) in [7, 11) is 0. The van der Waals surface area contributed by atoms with E-state index in [1.807, 2.05) is 12.1 Å². The van der Waals surface area contributed by atoms with Gasteiger partial charge in [-0.05, 0) is 63.4 Å². The molecule has 1 aromatic heterocycles. The first-order valence-electron chi connectivity index (χ1n) is 16.4. The van der Waals surface area contributed by atoms with Crippen LogP contribution in [0.1, 0.15) is 0 Å². The highest BCUT2D eigenvalue weighted by molar-refractivity contribution is 6.09. The van der Waals surface area contributed by atoms with Crippen LogP contribution in [0.5, 0.6) is 0 Å². The van der Waals surface area contributed by atoms with E-state index >= 15 is 0 Å². The molecule has 0 aliphatic rings. The summed E-state index contributed by atoms with van der Waals surface area (Å²) in [6, 6.07) is 67.0. The zero-order valence-corrected chi connectivity index (χ0v) is 26.3. The van der Waals surface area contributed by atoms with E-state index in [9.17, 15) is 0 Å². The van der Waals surface area contributed by atoms with E-state index in [2.05, 4.69) is 181 Å². The predicted octanol–water partition coefficient (Wildman–Crippen LogP) is 13.2. The molecule has 48 heavy (non-hydrogen) atoms. The highest BCUT2D eigenvalue weighted by Gasteiger charge is 2.24. The van der Waals surface area contributed by atoms with Crippen molar-refractivity contribution in [1.29, 1.82) is 0 Å². The Morgan fingerprint density at radius 3 is 1.69 bits per heavy atom. The van der Waals surface area contributed by atoms with Crippen molar-refractivity contribution in [2.75, 3.05) is 4.90 Å². The minimum absolute atomic E-state index is 0.862. The van der Waals surface area contributed by atoms with Crippen LogP contribution in [0, 0.1) is 0 Å². The molecule has 0 aliphatic carbocycles. The van der Waals surface area contributed by atoms with Crippen molar-refractivity contribution < 1.29 is 4.42 Å². The molecule has 2 heteroatoms. The highest BCUT2D eigenvalue weighted by Crippen LogP contribution is 2.50. The topological polar surface area (TPSA) is 16.4 Å². The molecule has 0 unspecified atom stereocenters. The van der Waals surface area contributed by atoms with E-state index in [-0.39, 0.29) is 0 Å². The lowest BCUT2D eigenvalue weighted by Crippen LogP contribution is -2.13. The number of rotatable bonds is 6. The largest absolute Gasteiger partial charge is 0.456 e. The smallest absolute Gasteiger partial charge is 0.137 e. The Morgan fingerprint density at radius 2 is 0.938 bits per heavy atom. The van der Waals surface area contributed by atoms with E-state index in [0.29, 0.717) is 0 Å². The van der Waals surface area contributed by atoms with E-state index in [0.717, 1.165) is 44.6 Å². The molecule has 0 spiro atoms. The normalized spacial score (nSPS) is 11.3. The van der Waals surface area contributed by atoms with Crippen LogP contribution in [0.2, 0.25) is 0 Å². The number of para-hydroxylation sites is 1. The third-order valence-corrected chi connectivity index (χ3v) is 9.26. The van der Waals surface area contributed by atoms with Crippen molar-refractivity contribution in [1.82, 2.24) is 0 Å². The van der Waals surface area contributed by atoms with Crippen LogP contribution in [0.4, 0.5) is 17.1 Å². The van der Waals surface area contributed by atoms with E-state index in [4.69, 9.17) is 4.42 Å². The second-order valence-corrected chi connectivity index (χ2v) is 12.1. The average molecular weight is 614 g/mol. The highest BCUT2D eigenvalue weighted by atomic mass is 16.3. The van der Waals surface area contributed by atoms with Crippen LogP contribution in [0.3, 0.4) is 0 Å². The van der Waals surface area contributed by atoms with Crippen molar-refractivity contribution in [3.05, 3.63) is 188 Å². The monoisotopic (exact) mass is 613 g/mol. The van der Waals surface area contributed by atoms with E-state index < -0.39 is 0 Å². The lowest BCUT2D eigenvalue weighted by atomic mass is 9.91. The van der Waals surface area contributed by atoms with Crippen molar-refractivity contribution in [2.24, 2.45) is 0 Å². The molecule has 8 aromatic carbocycles. The maximum Gasteiger partial charge on any atom is 0.137 e. The first-order chi connectivity index (χ1) is 23.8. The van der Waals surface area contributed by atoms with Gasteiger partial charge in [-0.25, -0.2) is 0 Å². The van der Waals surface area contributed by atoms with Gasteiger partial charge in [0.2, 0.25) is 0 Å². The maximum absolute atomic E-state index is 6.48. The van der Waals surface area contributed by atoms with Crippen molar-refractivity contribution in [2.45, 2.75) is 0 Å². The Morgan fingerprint density at radius 1 is 0.354 bits per heavy atom. The molecule has 0 atom stereocenters. The fourth-order valence-corrected chi connectivity index (χ4v) is 7.11.